The first kappa shape index (κ1) is 15.8. The third-order valence-electron chi connectivity index (χ3n) is 4.72. The number of benzene rings is 1. The molecule has 2 rings (SSSR count). The van der Waals surface area contributed by atoms with Crippen LogP contribution in [0.1, 0.15) is 51.5 Å². The second-order valence-corrected chi connectivity index (χ2v) is 6.60. The summed E-state index contributed by atoms with van der Waals surface area (Å²) in [6.07, 6.45) is 4.95. The number of para-hydroxylation sites is 1. The van der Waals surface area contributed by atoms with Crippen molar-refractivity contribution in [3.63, 3.8) is 0 Å². The number of rotatable bonds is 4. The monoisotopic (exact) mass is 286 g/mol. The summed E-state index contributed by atoms with van der Waals surface area (Å²) in [4.78, 5) is 11.6. The molecule has 1 aliphatic carbocycles. The van der Waals surface area contributed by atoms with Gasteiger partial charge in [0.05, 0.1) is 0 Å². The van der Waals surface area contributed by atoms with Crippen LogP contribution >= 0.6 is 0 Å². The van der Waals surface area contributed by atoms with Gasteiger partial charge in [0.15, 0.2) is 0 Å². The molecular weight excluding hydrogens is 260 g/mol. The van der Waals surface area contributed by atoms with E-state index < -0.39 is 0 Å². The van der Waals surface area contributed by atoms with E-state index >= 15 is 0 Å². The summed E-state index contributed by atoms with van der Waals surface area (Å²) < 4.78 is 5.45. The number of hydrogen-bond donors (Lipinski definition) is 0. The van der Waals surface area contributed by atoms with Crippen molar-refractivity contribution in [1.82, 2.24) is 0 Å². The van der Waals surface area contributed by atoms with Gasteiger partial charge in [-0.1, -0.05) is 52.0 Å². The van der Waals surface area contributed by atoms with Crippen LogP contribution in [-0.2, 0) is 4.79 Å². The molecular formula is C19H26O2. The summed E-state index contributed by atoms with van der Waals surface area (Å²) in [6.45, 7) is 10.4. The van der Waals surface area contributed by atoms with Crippen LogP contribution in [0.25, 0.3) is 0 Å². The second kappa shape index (κ2) is 6.93. The molecule has 1 saturated carbocycles. The highest BCUT2D eigenvalue weighted by Gasteiger charge is 2.33. The lowest BCUT2D eigenvalue weighted by Crippen LogP contribution is -2.26. The molecule has 1 aromatic carbocycles. The van der Waals surface area contributed by atoms with Gasteiger partial charge in [0.2, 0.25) is 0 Å². The zero-order chi connectivity index (χ0) is 15.4. The smallest absolute Gasteiger partial charge is 0.335 e. The standard InChI is InChI=1S/C19H26O2/c1-5-19(20)21-18-9-7-6-8-16(18)17-12-14(4)10-11-15(17)13(2)3/h5-9,13-15,17H,1,10-12H2,2-4H3. The molecule has 3 unspecified atom stereocenters. The number of carbonyl (C=O) groups excluding carboxylic acids is 1. The molecule has 1 aromatic rings. The minimum absolute atomic E-state index is 0.382. The Morgan fingerprint density at radius 2 is 2.05 bits per heavy atom. The number of esters is 1. The van der Waals surface area contributed by atoms with Gasteiger partial charge in [-0.15, -0.1) is 0 Å². The molecule has 1 fully saturated rings. The fourth-order valence-electron chi connectivity index (χ4n) is 3.59. The van der Waals surface area contributed by atoms with Crippen molar-refractivity contribution in [2.75, 3.05) is 0 Å². The highest BCUT2D eigenvalue weighted by atomic mass is 16.5. The summed E-state index contributed by atoms with van der Waals surface area (Å²) in [5.41, 5.74) is 1.18. The Balaban J connectivity index is 2.33. The lowest BCUT2D eigenvalue weighted by Gasteiger charge is -2.38. The minimum atomic E-state index is -0.382. The minimum Gasteiger partial charge on any atom is -0.423 e. The van der Waals surface area contributed by atoms with Gasteiger partial charge in [-0.3, -0.25) is 0 Å². The van der Waals surface area contributed by atoms with Crippen molar-refractivity contribution >= 4 is 5.97 Å². The Morgan fingerprint density at radius 3 is 2.71 bits per heavy atom. The average Bonchev–Trinajstić information content (AvgIpc) is 2.47. The van der Waals surface area contributed by atoms with Gasteiger partial charge in [0.25, 0.3) is 0 Å². The van der Waals surface area contributed by atoms with Gasteiger partial charge in [-0.2, -0.15) is 0 Å². The molecule has 2 heteroatoms. The molecule has 21 heavy (non-hydrogen) atoms. The van der Waals surface area contributed by atoms with Crippen molar-refractivity contribution in [2.45, 2.75) is 46.0 Å². The van der Waals surface area contributed by atoms with E-state index in [4.69, 9.17) is 4.74 Å². The van der Waals surface area contributed by atoms with Crippen LogP contribution in [0, 0.1) is 17.8 Å². The van der Waals surface area contributed by atoms with Crippen molar-refractivity contribution in [2.24, 2.45) is 17.8 Å². The number of hydrogen-bond acceptors (Lipinski definition) is 2. The summed E-state index contributed by atoms with van der Waals surface area (Å²) in [5, 5.41) is 0. The topological polar surface area (TPSA) is 26.3 Å². The van der Waals surface area contributed by atoms with Gasteiger partial charge >= 0.3 is 5.97 Å². The average molecular weight is 286 g/mol. The van der Waals surface area contributed by atoms with Crippen LogP contribution in [0.2, 0.25) is 0 Å². The summed E-state index contributed by atoms with van der Waals surface area (Å²) in [5.74, 6) is 2.82. The Bertz CT molecular complexity index is 504. The fraction of sp³-hybridized carbons (Fsp3) is 0.526. The SMILES string of the molecule is C=CC(=O)Oc1ccccc1C1CC(C)CCC1C(C)C. The largest absolute Gasteiger partial charge is 0.423 e. The van der Waals surface area contributed by atoms with E-state index in [2.05, 4.69) is 33.4 Å². The van der Waals surface area contributed by atoms with E-state index in [1.165, 1.54) is 30.9 Å². The van der Waals surface area contributed by atoms with Crippen molar-refractivity contribution in [3.05, 3.63) is 42.5 Å². The Hall–Kier alpha value is -1.57. The molecule has 0 radical (unpaired) electrons. The van der Waals surface area contributed by atoms with Gasteiger partial charge in [-0.05, 0) is 48.1 Å². The fourth-order valence-corrected chi connectivity index (χ4v) is 3.59. The highest BCUT2D eigenvalue weighted by Crippen LogP contribution is 2.46. The van der Waals surface area contributed by atoms with Crippen LogP contribution in [0.15, 0.2) is 36.9 Å². The first-order valence-corrected chi connectivity index (χ1v) is 7.96. The zero-order valence-corrected chi connectivity index (χ0v) is 13.3. The lowest BCUT2D eigenvalue weighted by molar-refractivity contribution is -0.129. The molecule has 0 aliphatic heterocycles. The summed E-state index contributed by atoms with van der Waals surface area (Å²) in [6, 6.07) is 7.97. The highest BCUT2D eigenvalue weighted by molar-refractivity contribution is 5.83. The van der Waals surface area contributed by atoms with E-state index in [1.54, 1.807) is 0 Å². The molecule has 0 aromatic heterocycles. The van der Waals surface area contributed by atoms with Crippen molar-refractivity contribution < 1.29 is 9.53 Å². The molecule has 0 amide bonds. The molecule has 1 aliphatic rings. The maximum atomic E-state index is 11.6. The summed E-state index contributed by atoms with van der Waals surface area (Å²) >= 11 is 0. The van der Waals surface area contributed by atoms with Crippen molar-refractivity contribution in [1.29, 1.82) is 0 Å². The molecule has 0 heterocycles. The molecule has 2 nitrogen and oxygen atoms in total. The van der Waals surface area contributed by atoms with Crippen molar-refractivity contribution in [3.8, 4) is 5.75 Å². The first-order valence-electron chi connectivity index (χ1n) is 7.96. The maximum absolute atomic E-state index is 11.6. The summed E-state index contributed by atoms with van der Waals surface area (Å²) in [7, 11) is 0. The molecule has 0 saturated heterocycles. The third kappa shape index (κ3) is 3.75. The Morgan fingerprint density at radius 1 is 1.33 bits per heavy atom. The zero-order valence-electron chi connectivity index (χ0n) is 13.3. The molecule has 0 N–H and O–H groups in total. The van der Waals surface area contributed by atoms with E-state index in [-0.39, 0.29) is 5.97 Å². The molecule has 3 atom stereocenters. The van der Waals surface area contributed by atoms with E-state index in [0.717, 1.165) is 5.92 Å². The maximum Gasteiger partial charge on any atom is 0.335 e. The second-order valence-electron chi connectivity index (χ2n) is 6.60. The first-order chi connectivity index (χ1) is 10.0. The normalized spacial score (nSPS) is 25.6. The van der Waals surface area contributed by atoms with Crippen LogP contribution in [0.5, 0.6) is 5.75 Å². The van der Waals surface area contributed by atoms with Gasteiger partial charge in [0.1, 0.15) is 5.75 Å². The Kier molecular flexibility index (Phi) is 5.22. The van der Waals surface area contributed by atoms with Crippen LogP contribution < -0.4 is 4.74 Å². The predicted octanol–water partition coefficient (Wildman–Crippen LogP) is 4.95. The number of carbonyl (C=O) groups is 1. The van der Waals surface area contributed by atoms with E-state index in [0.29, 0.717) is 23.5 Å². The molecule has 114 valence electrons. The molecule has 0 spiro atoms. The van der Waals surface area contributed by atoms with E-state index in [9.17, 15) is 4.79 Å². The third-order valence-corrected chi connectivity index (χ3v) is 4.72. The van der Waals surface area contributed by atoms with Crippen LogP contribution in [0.4, 0.5) is 0 Å². The van der Waals surface area contributed by atoms with Gasteiger partial charge in [-0.25, -0.2) is 4.79 Å². The van der Waals surface area contributed by atoms with Gasteiger partial charge < -0.3 is 4.74 Å². The Labute approximate surface area is 128 Å². The number of ether oxygens (including phenoxy) is 1. The van der Waals surface area contributed by atoms with Gasteiger partial charge in [0, 0.05) is 6.08 Å². The predicted molar refractivity (Wildman–Crippen MR) is 86.4 cm³/mol. The molecule has 0 bridgehead atoms. The van der Waals surface area contributed by atoms with E-state index in [1.807, 2.05) is 18.2 Å². The quantitative estimate of drug-likeness (QED) is 0.444. The van der Waals surface area contributed by atoms with Crippen LogP contribution in [0.3, 0.4) is 0 Å². The lowest BCUT2D eigenvalue weighted by atomic mass is 9.67. The van der Waals surface area contributed by atoms with Crippen LogP contribution in [-0.4, -0.2) is 5.97 Å².